The van der Waals surface area contributed by atoms with E-state index in [4.69, 9.17) is 0 Å². The van der Waals surface area contributed by atoms with Gasteiger partial charge in [0.05, 0.1) is 8.66 Å². The molecule has 0 aromatic carbocycles. The summed E-state index contributed by atoms with van der Waals surface area (Å²) in [7, 11) is 1.95. The van der Waals surface area contributed by atoms with E-state index in [0.717, 1.165) is 33.7 Å². The fraction of sp³-hybridized carbons (Fsp3) is 0.545. The first-order chi connectivity index (χ1) is 7.61. The van der Waals surface area contributed by atoms with Gasteiger partial charge in [-0.15, -0.1) is 11.3 Å². The number of nitrogens with one attached hydrogen (secondary N) is 1. The second-order valence-electron chi connectivity index (χ2n) is 4.09. The summed E-state index contributed by atoms with van der Waals surface area (Å²) in [5.41, 5.74) is 1.14. The van der Waals surface area contributed by atoms with Gasteiger partial charge in [-0.3, -0.25) is 4.79 Å². The first kappa shape index (κ1) is 12.1. The lowest BCUT2D eigenvalue weighted by molar-refractivity contribution is 0.0794. The summed E-state index contributed by atoms with van der Waals surface area (Å²) in [4.78, 5) is 14.9. The zero-order valence-corrected chi connectivity index (χ0v) is 11.8. The van der Waals surface area contributed by atoms with Crippen LogP contribution in [0.5, 0.6) is 0 Å². The Bertz CT molecular complexity index is 385. The smallest absolute Gasteiger partial charge is 0.264 e. The largest absolute Gasteiger partial charge is 0.336 e. The van der Waals surface area contributed by atoms with Crippen LogP contribution in [0.4, 0.5) is 0 Å². The summed E-state index contributed by atoms with van der Waals surface area (Å²) in [5, 5.41) is 3.22. The molecule has 1 amide bonds. The minimum Gasteiger partial charge on any atom is -0.336 e. The van der Waals surface area contributed by atoms with Gasteiger partial charge in [-0.2, -0.15) is 0 Å². The number of carbonyl (C=O) groups excluding carboxylic acids is 1. The van der Waals surface area contributed by atoms with Crippen molar-refractivity contribution in [3.63, 3.8) is 0 Å². The molecule has 2 rings (SSSR count). The molecule has 1 unspecified atom stereocenters. The Morgan fingerprint density at radius 1 is 1.69 bits per heavy atom. The molecule has 0 radical (unpaired) electrons. The molecule has 0 spiro atoms. The monoisotopic (exact) mass is 302 g/mol. The summed E-state index contributed by atoms with van der Waals surface area (Å²) >= 11 is 4.98. The standard InChI is InChI=1S/C11H15BrN2OS/c1-7-5-9(16-10(7)12)11(15)14-4-3-8(6-14)13-2/h5,8,13H,3-4,6H2,1-2H3. The van der Waals surface area contributed by atoms with E-state index in [1.165, 1.54) is 11.3 Å². The number of thiophene rings is 1. The predicted molar refractivity (Wildman–Crippen MR) is 70.1 cm³/mol. The molecule has 1 atom stereocenters. The van der Waals surface area contributed by atoms with E-state index in [1.54, 1.807) is 0 Å². The van der Waals surface area contributed by atoms with Gasteiger partial charge in [-0.05, 0) is 48.0 Å². The number of likely N-dealkylation sites (tertiary alicyclic amines) is 1. The number of halogens is 1. The molecule has 5 heteroatoms. The highest BCUT2D eigenvalue weighted by Crippen LogP contribution is 2.28. The predicted octanol–water partition coefficient (Wildman–Crippen LogP) is 2.25. The number of aryl methyl sites for hydroxylation is 1. The molecule has 3 nitrogen and oxygen atoms in total. The van der Waals surface area contributed by atoms with Gasteiger partial charge in [0.1, 0.15) is 0 Å². The zero-order valence-electron chi connectivity index (χ0n) is 9.42. The van der Waals surface area contributed by atoms with Crippen molar-refractivity contribution in [2.24, 2.45) is 0 Å². The maximum atomic E-state index is 12.2. The number of rotatable bonds is 2. The van der Waals surface area contributed by atoms with Gasteiger partial charge in [0, 0.05) is 19.1 Å². The van der Waals surface area contributed by atoms with Crippen LogP contribution in [0.3, 0.4) is 0 Å². The van der Waals surface area contributed by atoms with E-state index < -0.39 is 0 Å². The highest BCUT2D eigenvalue weighted by molar-refractivity contribution is 9.11. The average Bonchev–Trinajstić information content (AvgIpc) is 2.86. The van der Waals surface area contributed by atoms with Crippen LogP contribution in [0, 0.1) is 6.92 Å². The third-order valence-electron chi connectivity index (χ3n) is 2.95. The minimum atomic E-state index is 0.163. The van der Waals surface area contributed by atoms with Crippen molar-refractivity contribution in [1.29, 1.82) is 0 Å². The lowest BCUT2D eigenvalue weighted by Gasteiger charge is -2.15. The molecule has 1 aromatic rings. The molecule has 1 aliphatic rings. The van der Waals surface area contributed by atoms with Gasteiger partial charge in [-0.1, -0.05) is 0 Å². The molecule has 1 N–H and O–H groups in total. The first-order valence-corrected chi connectivity index (χ1v) is 6.95. The molecule has 0 saturated carbocycles. The summed E-state index contributed by atoms with van der Waals surface area (Å²) in [5.74, 6) is 0.163. The Kier molecular flexibility index (Phi) is 3.66. The Balaban J connectivity index is 2.08. The van der Waals surface area contributed by atoms with Crippen LogP contribution in [0.25, 0.3) is 0 Å². The third-order valence-corrected chi connectivity index (χ3v) is 5.08. The minimum absolute atomic E-state index is 0.163. The number of nitrogens with zero attached hydrogens (tertiary/aromatic N) is 1. The number of likely N-dealkylation sites (N-methyl/N-ethyl adjacent to an activating group) is 1. The fourth-order valence-electron chi connectivity index (χ4n) is 1.90. The number of hydrogen-bond acceptors (Lipinski definition) is 3. The van der Waals surface area contributed by atoms with E-state index in [1.807, 2.05) is 24.9 Å². The summed E-state index contributed by atoms with van der Waals surface area (Å²) in [6, 6.07) is 2.41. The van der Waals surface area contributed by atoms with E-state index in [9.17, 15) is 4.79 Å². The molecular weight excluding hydrogens is 288 g/mol. The lowest BCUT2D eigenvalue weighted by atomic mass is 10.3. The number of carbonyl (C=O) groups is 1. The molecule has 0 aliphatic carbocycles. The van der Waals surface area contributed by atoms with Crippen LogP contribution >= 0.6 is 27.3 Å². The third kappa shape index (κ3) is 2.31. The van der Waals surface area contributed by atoms with Gasteiger partial charge in [0.25, 0.3) is 5.91 Å². The Morgan fingerprint density at radius 2 is 2.44 bits per heavy atom. The van der Waals surface area contributed by atoms with Gasteiger partial charge in [0.15, 0.2) is 0 Å². The molecule has 1 aromatic heterocycles. The maximum absolute atomic E-state index is 12.2. The first-order valence-electron chi connectivity index (χ1n) is 5.34. The Hall–Kier alpha value is -0.390. The fourth-order valence-corrected chi connectivity index (χ4v) is 3.40. The average molecular weight is 303 g/mol. The van der Waals surface area contributed by atoms with E-state index in [-0.39, 0.29) is 5.91 Å². The highest BCUT2D eigenvalue weighted by atomic mass is 79.9. The van der Waals surface area contributed by atoms with Crippen molar-refractivity contribution in [3.05, 3.63) is 20.3 Å². The van der Waals surface area contributed by atoms with Crippen molar-refractivity contribution in [2.75, 3.05) is 20.1 Å². The number of hydrogen-bond donors (Lipinski definition) is 1. The van der Waals surface area contributed by atoms with E-state index in [2.05, 4.69) is 21.2 Å². The second kappa shape index (κ2) is 4.85. The zero-order chi connectivity index (χ0) is 11.7. The van der Waals surface area contributed by atoms with Crippen molar-refractivity contribution < 1.29 is 4.79 Å². The van der Waals surface area contributed by atoms with E-state index in [0.29, 0.717) is 6.04 Å². The maximum Gasteiger partial charge on any atom is 0.264 e. The van der Waals surface area contributed by atoms with Crippen LogP contribution in [-0.2, 0) is 0 Å². The van der Waals surface area contributed by atoms with Crippen molar-refractivity contribution in [1.82, 2.24) is 10.2 Å². The number of amides is 1. The summed E-state index contributed by atoms with van der Waals surface area (Å²) in [6.45, 7) is 3.69. The van der Waals surface area contributed by atoms with Crippen LogP contribution in [0.15, 0.2) is 9.85 Å². The van der Waals surface area contributed by atoms with Crippen molar-refractivity contribution in [2.45, 2.75) is 19.4 Å². The summed E-state index contributed by atoms with van der Waals surface area (Å²) < 4.78 is 1.06. The van der Waals surface area contributed by atoms with Crippen molar-refractivity contribution in [3.8, 4) is 0 Å². The molecule has 1 aliphatic heterocycles. The summed E-state index contributed by atoms with van der Waals surface area (Å²) in [6.07, 6.45) is 1.05. The molecule has 0 bridgehead atoms. The quantitative estimate of drug-likeness (QED) is 0.909. The SMILES string of the molecule is CNC1CCN(C(=O)c2cc(C)c(Br)s2)C1. The lowest BCUT2D eigenvalue weighted by Crippen LogP contribution is -2.33. The highest BCUT2D eigenvalue weighted by Gasteiger charge is 2.26. The Morgan fingerprint density at radius 3 is 2.94 bits per heavy atom. The van der Waals surface area contributed by atoms with Gasteiger partial charge >= 0.3 is 0 Å². The molecule has 16 heavy (non-hydrogen) atoms. The topological polar surface area (TPSA) is 32.3 Å². The molecule has 88 valence electrons. The van der Waals surface area contributed by atoms with Crippen LogP contribution in [0.2, 0.25) is 0 Å². The van der Waals surface area contributed by atoms with Crippen LogP contribution < -0.4 is 5.32 Å². The van der Waals surface area contributed by atoms with Gasteiger partial charge in [0.2, 0.25) is 0 Å². The second-order valence-corrected chi connectivity index (χ2v) is 6.46. The molecule has 1 saturated heterocycles. The molecular formula is C11H15BrN2OS. The van der Waals surface area contributed by atoms with Crippen LogP contribution in [0.1, 0.15) is 21.7 Å². The Labute approximate surface area is 108 Å². The van der Waals surface area contributed by atoms with Gasteiger partial charge < -0.3 is 10.2 Å². The molecule has 2 heterocycles. The van der Waals surface area contributed by atoms with E-state index >= 15 is 0 Å². The van der Waals surface area contributed by atoms with Gasteiger partial charge in [-0.25, -0.2) is 0 Å². The van der Waals surface area contributed by atoms with Crippen LogP contribution in [-0.4, -0.2) is 37.0 Å². The molecule has 1 fully saturated rings. The normalized spacial score (nSPS) is 20.4. The van der Waals surface area contributed by atoms with Crippen molar-refractivity contribution >= 4 is 33.2 Å².